The zero-order chi connectivity index (χ0) is 13.5. The van der Waals surface area contributed by atoms with Gasteiger partial charge in [-0.05, 0) is 18.2 Å². The van der Waals surface area contributed by atoms with Crippen LogP contribution in [0.1, 0.15) is 25.3 Å². The van der Waals surface area contributed by atoms with Gasteiger partial charge in [-0.3, -0.25) is 4.79 Å². The molecule has 0 bridgehead atoms. The number of amides is 1. The van der Waals surface area contributed by atoms with Gasteiger partial charge in [-0.2, -0.15) is 0 Å². The van der Waals surface area contributed by atoms with E-state index < -0.39 is 0 Å². The molecule has 1 aliphatic rings. The number of nitrogens with one attached hydrogen (secondary N) is 1. The Morgan fingerprint density at radius 2 is 2.11 bits per heavy atom. The molecule has 0 unspecified atom stereocenters. The maximum absolute atomic E-state index is 10.7. The number of carbonyl (C=O) groups is 1. The van der Waals surface area contributed by atoms with Crippen molar-refractivity contribution in [2.75, 3.05) is 19.8 Å². The summed E-state index contributed by atoms with van der Waals surface area (Å²) >= 11 is 0. The molecule has 0 saturated heterocycles. The standard InChI is InChI=1S/C15H17NO3/c1-12(17)16-8-3-2-5-13-6-7-14-15(11-13)19-10-4-9-18-14/h6-7,11H,3-4,8-10H2,1H3,(H,16,17). The molecular weight excluding hydrogens is 242 g/mol. The molecule has 1 aliphatic heterocycles. The lowest BCUT2D eigenvalue weighted by molar-refractivity contribution is -0.118. The van der Waals surface area contributed by atoms with Gasteiger partial charge in [-0.25, -0.2) is 0 Å². The van der Waals surface area contributed by atoms with Crippen molar-refractivity contribution >= 4 is 5.91 Å². The van der Waals surface area contributed by atoms with Gasteiger partial charge in [0.05, 0.1) is 13.2 Å². The topological polar surface area (TPSA) is 47.6 Å². The first-order chi connectivity index (χ1) is 9.25. The predicted molar refractivity (Wildman–Crippen MR) is 72.2 cm³/mol. The number of hydrogen-bond donors (Lipinski definition) is 1. The molecule has 1 aromatic rings. The molecule has 2 rings (SSSR count). The fourth-order valence-corrected chi connectivity index (χ4v) is 1.71. The Morgan fingerprint density at radius 1 is 1.32 bits per heavy atom. The summed E-state index contributed by atoms with van der Waals surface area (Å²) in [5.41, 5.74) is 0.895. The summed E-state index contributed by atoms with van der Waals surface area (Å²) in [5.74, 6) is 7.57. The van der Waals surface area contributed by atoms with E-state index in [0.717, 1.165) is 23.5 Å². The number of ether oxygens (including phenoxy) is 2. The van der Waals surface area contributed by atoms with E-state index >= 15 is 0 Å². The summed E-state index contributed by atoms with van der Waals surface area (Å²) in [5, 5.41) is 2.70. The minimum absolute atomic E-state index is 0.0302. The highest BCUT2D eigenvalue weighted by Gasteiger charge is 2.09. The Bertz CT molecular complexity index is 514. The van der Waals surface area contributed by atoms with E-state index in [-0.39, 0.29) is 5.91 Å². The number of benzene rings is 1. The van der Waals surface area contributed by atoms with Gasteiger partial charge in [0.1, 0.15) is 0 Å². The van der Waals surface area contributed by atoms with Crippen LogP contribution in [0.2, 0.25) is 0 Å². The minimum atomic E-state index is -0.0302. The van der Waals surface area contributed by atoms with Crippen molar-refractivity contribution in [3.05, 3.63) is 23.8 Å². The molecule has 0 radical (unpaired) electrons. The third kappa shape index (κ3) is 4.22. The van der Waals surface area contributed by atoms with Crippen LogP contribution in [0, 0.1) is 11.8 Å². The molecule has 0 aliphatic carbocycles. The molecule has 1 N–H and O–H groups in total. The Balaban J connectivity index is 1.96. The van der Waals surface area contributed by atoms with Crippen LogP contribution in [-0.2, 0) is 4.79 Å². The van der Waals surface area contributed by atoms with Gasteiger partial charge < -0.3 is 14.8 Å². The molecular formula is C15H17NO3. The average molecular weight is 259 g/mol. The van der Waals surface area contributed by atoms with Crippen LogP contribution in [0.15, 0.2) is 18.2 Å². The molecule has 4 heteroatoms. The third-order valence-corrected chi connectivity index (χ3v) is 2.60. The lowest BCUT2D eigenvalue weighted by Crippen LogP contribution is -2.20. The molecule has 0 spiro atoms. The zero-order valence-corrected chi connectivity index (χ0v) is 11.0. The largest absolute Gasteiger partial charge is 0.490 e. The molecule has 1 aromatic carbocycles. The fourth-order valence-electron chi connectivity index (χ4n) is 1.71. The molecule has 1 amide bonds. The van der Waals surface area contributed by atoms with Crippen molar-refractivity contribution in [2.24, 2.45) is 0 Å². The molecule has 4 nitrogen and oxygen atoms in total. The normalized spacial score (nSPS) is 12.9. The average Bonchev–Trinajstić information content (AvgIpc) is 2.62. The van der Waals surface area contributed by atoms with Gasteiger partial charge in [-0.15, -0.1) is 0 Å². The summed E-state index contributed by atoms with van der Waals surface area (Å²) in [7, 11) is 0. The summed E-state index contributed by atoms with van der Waals surface area (Å²) in [6.45, 7) is 3.44. The van der Waals surface area contributed by atoms with E-state index in [9.17, 15) is 4.79 Å². The quantitative estimate of drug-likeness (QED) is 0.650. The fraction of sp³-hybridized carbons (Fsp3) is 0.400. The first-order valence-corrected chi connectivity index (χ1v) is 6.38. The van der Waals surface area contributed by atoms with Crippen LogP contribution >= 0.6 is 0 Å². The van der Waals surface area contributed by atoms with Crippen LogP contribution in [0.25, 0.3) is 0 Å². The molecule has 100 valence electrons. The number of rotatable bonds is 2. The van der Waals surface area contributed by atoms with E-state index in [0.29, 0.717) is 26.2 Å². The van der Waals surface area contributed by atoms with Crippen LogP contribution in [0.3, 0.4) is 0 Å². The van der Waals surface area contributed by atoms with E-state index in [4.69, 9.17) is 9.47 Å². The minimum Gasteiger partial charge on any atom is -0.490 e. The molecule has 0 aromatic heterocycles. The van der Waals surface area contributed by atoms with Crippen molar-refractivity contribution in [1.82, 2.24) is 5.32 Å². The van der Waals surface area contributed by atoms with E-state index in [1.165, 1.54) is 6.92 Å². The summed E-state index contributed by atoms with van der Waals surface area (Å²) in [4.78, 5) is 10.7. The monoisotopic (exact) mass is 259 g/mol. The maximum atomic E-state index is 10.7. The number of fused-ring (bicyclic) bond motifs is 1. The van der Waals surface area contributed by atoms with Gasteiger partial charge in [0.2, 0.25) is 5.91 Å². The predicted octanol–water partition coefficient (Wildman–Crippen LogP) is 1.73. The molecule has 0 saturated carbocycles. The summed E-state index contributed by atoms with van der Waals surface area (Å²) < 4.78 is 11.2. The third-order valence-electron chi connectivity index (χ3n) is 2.60. The van der Waals surface area contributed by atoms with Crippen molar-refractivity contribution in [3.63, 3.8) is 0 Å². The Labute approximate surface area is 113 Å². The summed E-state index contributed by atoms with van der Waals surface area (Å²) in [6, 6.07) is 5.70. The lowest BCUT2D eigenvalue weighted by Gasteiger charge is -2.06. The Morgan fingerprint density at radius 3 is 2.89 bits per heavy atom. The van der Waals surface area contributed by atoms with Crippen molar-refractivity contribution < 1.29 is 14.3 Å². The highest BCUT2D eigenvalue weighted by Crippen LogP contribution is 2.29. The second-order valence-corrected chi connectivity index (χ2v) is 4.25. The van der Waals surface area contributed by atoms with Crippen molar-refractivity contribution in [3.8, 4) is 23.3 Å². The lowest BCUT2D eigenvalue weighted by atomic mass is 10.2. The van der Waals surface area contributed by atoms with Gasteiger partial charge in [0.25, 0.3) is 0 Å². The van der Waals surface area contributed by atoms with E-state index in [2.05, 4.69) is 17.2 Å². The van der Waals surface area contributed by atoms with E-state index in [1.807, 2.05) is 18.2 Å². The zero-order valence-electron chi connectivity index (χ0n) is 11.0. The van der Waals surface area contributed by atoms with Crippen LogP contribution < -0.4 is 14.8 Å². The molecule has 1 heterocycles. The van der Waals surface area contributed by atoms with Gasteiger partial charge in [0, 0.05) is 31.9 Å². The molecule has 0 fully saturated rings. The maximum Gasteiger partial charge on any atom is 0.216 e. The van der Waals surface area contributed by atoms with E-state index in [1.54, 1.807) is 0 Å². The molecule has 19 heavy (non-hydrogen) atoms. The smallest absolute Gasteiger partial charge is 0.216 e. The number of carbonyl (C=O) groups excluding carboxylic acids is 1. The second-order valence-electron chi connectivity index (χ2n) is 4.25. The van der Waals surface area contributed by atoms with Crippen molar-refractivity contribution in [2.45, 2.75) is 19.8 Å². The SMILES string of the molecule is CC(=O)NCCC#Cc1ccc2c(c1)OCCCO2. The summed E-state index contributed by atoms with van der Waals surface area (Å²) in [6.07, 6.45) is 1.53. The Hall–Kier alpha value is -2.15. The van der Waals surface area contributed by atoms with Gasteiger partial charge in [0.15, 0.2) is 11.5 Å². The first-order valence-electron chi connectivity index (χ1n) is 6.38. The van der Waals surface area contributed by atoms with Crippen LogP contribution in [0.4, 0.5) is 0 Å². The van der Waals surface area contributed by atoms with Crippen LogP contribution in [-0.4, -0.2) is 25.7 Å². The number of hydrogen-bond acceptors (Lipinski definition) is 3. The van der Waals surface area contributed by atoms with Crippen molar-refractivity contribution in [1.29, 1.82) is 0 Å². The highest BCUT2D eigenvalue weighted by atomic mass is 16.5. The van der Waals surface area contributed by atoms with Gasteiger partial charge in [-0.1, -0.05) is 11.8 Å². The van der Waals surface area contributed by atoms with Crippen LogP contribution in [0.5, 0.6) is 11.5 Å². The van der Waals surface area contributed by atoms with Gasteiger partial charge >= 0.3 is 0 Å². The Kier molecular flexibility index (Phi) is 4.68. The molecule has 0 atom stereocenters. The first kappa shape index (κ1) is 13.3. The second kappa shape index (κ2) is 6.69. The highest BCUT2D eigenvalue weighted by molar-refractivity contribution is 5.72.